The van der Waals surface area contributed by atoms with E-state index in [9.17, 15) is 4.79 Å². The van der Waals surface area contributed by atoms with E-state index in [1.807, 2.05) is 18.2 Å². The highest BCUT2D eigenvalue weighted by Gasteiger charge is 2.10. The number of hydrogen-bond acceptors (Lipinski definition) is 1. The fraction of sp³-hybridized carbons (Fsp3) is 0.321. The van der Waals surface area contributed by atoms with E-state index in [1.165, 1.54) is 49.7 Å². The molecule has 1 unspecified atom stereocenters. The van der Waals surface area contributed by atoms with Crippen LogP contribution in [-0.4, -0.2) is 6.29 Å². The van der Waals surface area contributed by atoms with E-state index in [0.717, 1.165) is 29.4 Å². The fourth-order valence-corrected chi connectivity index (χ4v) is 4.26. The molecule has 0 fully saturated rings. The maximum absolute atomic E-state index is 11.5. The molecule has 0 aromatic heterocycles. The van der Waals surface area contributed by atoms with E-state index in [-0.39, 0.29) is 0 Å². The summed E-state index contributed by atoms with van der Waals surface area (Å²) in [4.78, 5) is 11.5. The second kappa shape index (κ2) is 10.6. The molecule has 0 radical (unpaired) electrons. The van der Waals surface area contributed by atoms with Gasteiger partial charge in [0.15, 0.2) is 6.29 Å². The lowest BCUT2D eigenvalue weighted by Crippen LogP contribution is -2.03. The molecular weight excluding hydrogens is 352 g/mol. The first-order valence-electron chi connectivity index (χ1n) is 10.8. The fourth-order valence-electron chi connectivity index (χ4n) is 4.26. The van der Waals surface area contributed by atoms with Crippen LogP contribution in [0.25, 0.3) is 10.8 Å². The first-order valence-corrected chi connectivity index (χ1v) is 10.8. The molecule has 1 atom stereocenters. The Balaban J connectivity index is 1.60. The summed E-state index contributed by atoms with van der Waals surface area (Å²) >= 11 is 0. The standard InChI is InChI=1S/C28H30O/c1-3-9-22(14-15-23-10-6-5-7-11-23)12-8-13-24-16-19-27-26(20-24)18-17-25(4-2)28(27)21-29/h2,5-7,10-11,16-22H,3,8-9,12-15H2,1H3. The second-order valence-electron chi connectivity index (χ2n) is 7.92. The van der Waals surface area contributed by atoms with Gasteiger partial charge in [-0.2, -0.15) is 0 Å². The Labute approximate surface area is 175 Å². The molecule has 3 rings (SSSR count). The summed E-state index contributed by atoms with van der Waals surface area (Å²) in [5.74, 6) is 3.40. The molecule has 29 heavy (non-hydrogen) atoms. The third kappa shape index (κ3) is 5.58. The quantitative estimate of drug-likeness (QED) is 0.272. The van der Waals surface area contributed by atoms with Gasteiger partial charge >= 0.3 is 0 Å². The Morgan fingerprint density at radius 2 is 1.76 bits per heavy atom. The van der Waals surface area contributed by atoms with Gasteiger partial charge in [0.1, 0.15) is 0 Å². The molecule has 3 aromatic rings. The highest BCUT2D eigenvalue weighted by molar-refractivity contribution is 6.00. The largest absolute Gasteiger partial charge is 0.298 e. The van der Waals surface area contributed by atoms with Crippen molar-refractivity contribution in [3.63, 3.8) is 0 Å². The van der Waals surface area contributed by atoms with Crippen LogP contribution in [0, 0.1) is 18.3 Å². The van der Waals surface area contributed by atoms with E-state index in [1.54, 1.807) is 0 Å². The molecule has 0 bridgehead atoms. The van der Waals surface area contributed by atoms with Gasteiger partial charge < -0.3 is 0 Å². The summed E-state index contributed by atoms with van der Waals surface area (Å²) in [5, 5.41) is 2.05. The second-order valence-corrected chi connectivity index (χ2v) is 7.92. The summed E-state index contributed by atoms with van der Waals surface area (Å²) in [6.45, 7) is 2.29. The van der Waals surface area contributed by atoms with Crippen molar-refractivity contribution < 1.29 is 4.79 Å². The predicted molar refractivity (Wildman–Crippen MR) is 123 cm³/mol. The molecule has 0 amide bonds. The predicted octanol–water partition coefficient (Wildman–Crippen LogP) is 7.01. The number of carbonyl (C=O) groups excluding carboxylic acids is 1. The van der Waals surface area contributed by atoms with Crippen molar-refractivity contribution in [2.24, 2.45) is 5.92 Å². The van der Waals surface area contributed by atoms with Gasteiger partial charge in [-0.05, 0) is 59.6 Å². The maximum atomic E-state index is 11.5. The Hall–Kier alpha value is -2.85. The van der Waals surface area contributed by atoms with Crippen LogP contribution in [0.4, 0.5) is 0 Å². The number of aryl methyl sites for hydroxylation is 2. The van der Waals surface area contributed by atoms with Crippen molar-refractivity contribution in [3.8, 4) is 12.3 Å². The first kappa shape index (κ1) is 20.9. The topological polar surface area (TPSA) is 17.1 Å². The van der Waals surface area contributed by atoms with Crippen molar-refractivity contribution in [3.05, 3.63) is 82.9 Å². The van der Waals surface area contributed by atoms with Crippen LogP contribution in [0.2, 0.25) is 0 Å². The smallest absolute Gasteiger partial charge is 0.151 e. The zero-order valence-corrected chi connectivity index (χ0v) is 17.4. The molecule has 3 aromatic carbocycles. The van der Waals surface area contributed by atoms with E-state index < -0.39 is 0 Å². The van der Waals surface area contributed by atoms with E-state index in [0.29, 0.717) is 11.1 Å². The lowest BCUT2D eigenvalue weighted by atomic mass is 9.89. The molecule has 0 aliphatic carbocycles. The van der Waals surface area contributed by atoms with Crippen LogP contribution >= 0.6 is 0 Å². The summed E-state index contributed by atoms with van der Waals surface area (Å²) in [6, 6.07) is 21.1. The molecule has 0 heterocycles. The van der Waals surface area contributed by atoms with E-state index >= 15 is 0 Å². The highest BCUT2D eigenvalue weighted by Crippen LogP contribution is 2.25. The van der Waals surface area contributed by atoms with Gasteiger partial charge in [-0.15, -0.1) is 6.42 Å². The number of aldehydes is 1. The Kier molecular flexibility index (Phi) is 7.65. The minimum absolute atomic E-state index is 0.625. The monoisotopic (exact) mass is 382 g/mol. The number of benzene rings is 3. The molecule has 0 aliphatic heterocycles. The summed E-state index contributed by atoms with van der Waals surface area (Å²) < 4.78 is 0. The zero-order chi connectivity index (χ0) is 20.5. The Morgan fingerprint density at radius 3 is 2.48 bits per heavy atom. The third-order valence-corrected chi connectivity index (χ3v) is 5.86. The maximum Gasteiger partial charge on any atom is 0.151 e. The number of carbonyl (C=O) groups is 1. The summed E-state index contributed by atoms with van der Waals surface area (Å²) in [7, 11) is 0. The normalized spacial score (nSPS) is 11.9. The van der Waals surface area contributed by atoms with Gasteiger partial charge in [0.2, 0.25) is 0 Å². The molecule has 0 saturated heterocycles. The third-order valence-electron chi connectivity index (χ3n) is 5.86. The van der Waals surface area contributed by atoms with E-state index in [2.05, 4.69) is 55.3 Å². The number of rotatable bonds is 10. The summed E-state index contributed by atoms with van der Waals surface area (Å²) in [5.41, 5.74) is 4.07. The van der Waals surface area contributed by atoms with Crippen LogP contribution in [0.15, 0.2) is 60.7 Å². The first-order chi connectivity index (χ1) is 14.2. The van der Waals surface area contributed by atoms with Crippen LogP contribution in [0.1, 0.15) is 66.1 Å². The zero-order valence-electron chi connectivity index (χ0n) is 17.4. The van der Waals surface area contributed by atoms with Crippen LogP contribution in [0.3, 0.4) is 0 Å². The minimum Gasteiger partial charge on any atom is -0.298 e. The van der Waals surface area contributed by atoms with Gasteiger partial charge in [0.25, 0.3) is 0 Å². The molecule has 0 saturated carbocycles. The lowest BCUT2D eigenvalue weighted by Gasteiger charge is -2.16. The van der Waals surface area contributed by atoms with Crippen LogP contribution in [0.5, 0.6) is 0 Å². The Bertz CT molecular complexity index is 978. The van der Waals surface area contributed by atoms with Gasteiger partial charge in [0.05, 0.1) is 0 Å². The Morgan fingerprint density at radius 1 is 0.931 bits per heavy atom. The number of terminal acetylenes is 1. The lowest BCUT2D eigenvalue weighted by molar-refractivity contribution is 0.112. The highest BCUT2D eigenvalue weighted by atomic mass is 16.1. The van der Waals surface area contributed by atoms with Crippen molar-refractivity contribution >= 4 is 17.1 Å². The minimum atomic E-state index is 0.625. The van der Waals surface area contributed by atoms with Crippen molar-refractivity contribution in [1.29, 1.82) is 0 Å². The average molecular weight is 383 g/mol. The molecule has 0 spiro atoms. The van der Waals surface area contributed by atoms with Crippen molar-refractivity contribution in [2.75, 3.05) is 0 Å². The van der Waals surface area contributed by atoms with Gasteiger partial charge in [-0.1, -0.05) is 86.7 Å². The van der Waals surface area contributed by atoms with E-state index in [4.69, 9.17) is 6.42 Å². The molecular formula is C28H30O. The molecule has 148 valence electrons. The molecule has 0 N–H and O–H groups in total. The van der Waals surface area contributed by atoms with Gasteiger partial charge in [-0.3, -0.25) is 4.79 Å². The summed E-state index contributed by atoms with van der Waals surface area (Å²) in [6.07, 6.45) is 14.9. The number of fused-ring (bicyclic) bond motifs is 1. The molecule has 1 heteroatoms. The van der Waals surface area contributed by atoms with Crippen LogP contribution < -0.4 is 0 Å². The van der Waals surface area contributed by atoms with Crippen molar-refractivity contribution in [2.45, 2.75) is 51.9 Å². The average Bonchev–Trinajstić information content (AvgIpc) is 2.77. The SMILES string of the molecule is C#Cc1ccc2cc(CCCC(CCC)CCc3ccccc3)ccc2c1C=O. The molecule has 0 aliphatic rings. The van der Waals surface area contributed by atoms with Gasteiger partial charge in [0, 0.05) is 11.1 Å². The van der Waals surface area contributed by atoms with Gasteiger partial charge in [-0.25, -0.2) is 0 Å². The van der Waals surface area contributed by atoms with Crippen LogP contribution in [-0.2, 0) is 12.8 Å². The molecule has 1 nitrogen and oxygen atoms in total. The van der Waals surface area contributed by atoms with Crippen molar-refractivity contribution in [1.82, 2.24) is 0 Å². The number of hydrogen-bond donors (Lipinski definition) is 0.